The molecule has 2 unspecified atom stereocenters. The molecule has 5 nitrogen and oxygen atoms in total. The molecule has 5 heteroatoms. The van der Waals surface area contributed by atoms with E-state index in [2.05, 4.69) is 6.58 Å². The minimum Gasteiger partial charge on any atom is -0.425 e. The summed E-state index contributed by atoms with van der Waals surface area (Å²) in [5, 5.41) is 0. The highest BCUT2D eigenvalue weighted by Gasteiger charge is 2.26. The first kappa shape index (κ1) is 22.7. The van der Waals surface area contributed by atoms with Crippen molar-refractivity contribution in [3.63, 3.8) is 0 Å². The summed E-state index contributed by atoms with van der Waals surface area (Å²) in [6.07, 6.45) is -0.104. The van der Waals surface area contributed by atoms with Gasteiger partial charge in [0.1, 0.15) is 11.9 Å². The molecular formula is C27H24O5. The van der Waals surface area contributed by atoms with Gasteiger partial charge in [-0.3, -0.25) is 9.59 Å². The van der Waals surface area contributed by atoms with Crippen molar-refractivity contribution in [1.29, 1.82) is 0 Å². The molecule has 0 bridgehead atoms. The van der Waals surface area contributed by atoms with Crippen LogP contribution in [-0.4, -0.2) is 17.7 Å². The number of allylic oxidation sites excluding steroid dienone is 1. The van der Waals surface area contributed by atoms with E-state index in [1.807, 2.05) is 43.3 Å². The molecule has 0 radical (unpaired) electrons. The van der Waals surface area contributed by atoms with Gasteiger partial charge in [0.25, 0.3) is 0 Å². The summed E-state index contributed by atoms with van der Waals surface area (Å²) in [4.78, 5) is 36.8. The predicted molar refractivity (Wildman–Crippen MR) is 122 cm³/mol. The highest BCUT2D eigenvalue weighted by Crippen LogP contribution is 2.29. The number of rotatable bonds is 9. The van der Waals surface area contributed by atoms with Crippen molar-refractivity contribution in [3.8, 4) is 5.75 Å². The van der Waals surface area contributed by atoms with Crippen LogP contribution < -0.4 is 4.74 Å². The van der Waals surface area contributed by atoms with Crippen molar-refractivity contribution in [1.82, 2.24) is 0 Å². The van der Waals surface area contributed by atoms with E-state index in [1.54, 1.807) is 48.5 Å². The maximum Gasteiger partial charge on any atom is 0.514 e. The van der Waals surface area contributed by atoms with Gasteiger partial charge >= 0.3 is 6.16 Å². The van der Waals surface area contributed by atoms with Gasteiger partial charge in [0.2, 0.25) is 0 Å². The van der Waals surface area contributed by atoms with Crippen LogP contribution in [0.15, 0.2) is 97.6 Å². The van der Waals surface area contributed by atoms with Crippen molar-refractivity contribution >= 4 is 17.7 Å². The SMILES string of the molecule is C=CC(=O)CC(C)C(OC(=O)Oc1ccc(C(=O)c2ccccc2)cc1)c1ccccc1. The Morgan fingerprint density at radius 3 is 2.00 bits per heavy atom. The Balaban J connectivity index is 1.68. The Kier molecular flexibility index (Phi) is 7.70. The zero-order valence-electron chi connectivity index (χ0n) is 17.8. The Hall–Kier alpha value is -3.99. The zero-order valence-corrected chi connectivity index (χ0v) is 17.8. The van der Waals surface area contributed by atoms with Crippen LogP contribution in [0, 0.1) is 5.92 Å². The molecule has 0 fully saturated rings. The highest BCUT2D eigenvalue weighted by atomic mass is 16.7. The molecule has 0 saturated carbocycles. The standard InChI is InChI=1S/C27H24O5/c1-3-23(28)18-19(2)26(22-12-8-5-9-13-22)32-27(30)31-24-16-14-21(15-17-24)25(29)20-10-6-4-7-11-20/h3-17,19,26H,1,18H2,2H3. The largest absolute Gasteiger partial charge is 0.514 e. The van der Waals surface area contributed by atoms with E-state index >= 15 is 0 Å². The van der Waals surface area contributed by atoms with Gasteiger partial charge in [-0.15, -0.1) is 0 Å². The summed E-state index contributed by atoms with van der Waals surface area (Å²) in [5.74, 6) is -0.277. The lowest BCUT2D eigenvalue weighted by molar-refractivity contribution is -0.116. The molecule has 32 heavy (non-hydrogen) atoms. The molecule has 162 valence electrons. The average molecular weight is 428 g/mol. The van der Waals surface area contributed by atoms with Gasteiger partial charge < -0.3 is 9.47 Å². The summed E-state index contributed by atoms with van der Waals surface area (Å²) < 4.78 is 10.9. The molecule has 0 N–H and O–H groups in total. The number of carbonyl (C=O) groups is 3. The first-order valence-electron chi connectivity index (χ1n) is 10.3. The van der Waals surface area contributed by atoms with Gasteiger partial charge in [-0.05, 0) is 35.9 Å². The third-order valence-electron chi connectivity index (χ3n) is 4.97. The average Bonchev–Trinajstić information content (AvgIpc) is 2.83. The van der Waals surface area contributed by atoms with Gasteiger partial charge in [0, 0.05) is 23.5 Å². The Morgan fingerprint density at radius 2 is 1.41 bits per heavy atom. The third kappa shape index (κ3) is 6.01. The second kappa shape index (κ2) is 10.9. The normalized spacial score (nSPS) is 12.3. The number of ketones is 2. The Labute approximate surface area is 187 Å². The maximum absolute atomic E-state index is 12.5. The van der Waals surface area contributed by atoms with Crippen LogP contribution in [0.3, 0.4) is 0 Å². The first-order valence-corrected chi connectivity index (χ1v) is 10.3. The van der Waals surface area contributed by atoms with Gasteiger partial charge in [-0.2, -0.15) is 0 Å². The van der Waals surface area contributed by atoms with E-state index in [1.165, 1.54) is 6.08 Å². The molecule has 3 aromatic carbocycles. The summed E-state index contributed by atoms with van der Waals surface area (Å²) in [6.45, 7) is 5.32. The quantitative estimate of drug-likeness (QED) is 0.182. The van der Waals surface area contributed by atoms with Crippen LogP contribution in [0.25, 0.3) is 0 Å². The maximum atomic E-state index is 12.5. The fraction of sp³-hybridized carbons (Fsp3) is 0.148. The van der Waals surface area contributed by atoms with Gasteiger partial charge in [0.15, 0.2) is 11.6 Å². The molecule has 0 aromatic heterocycles. The minimum absolute atomic E-state index is 0.121. The van der Waals surface area contributed by atoms with Gasteiger partial charge in [-0.1, -0.05) is 74.2 Å². The number of hydrogen-bond acceptors (Lipinski definition) is 5. The number of hydrogen-bond donors (Lipinski definition) is 0. The smallest absolute Gasteiger partial charge is 0.425 e. The van der Waals surface area contributed by atoms with Crippen LogP contribution in [-0.2, 0) is 9.53 Å². The van der Waals surface area contributed by atoms with Crippen molar-refractivity contribution in [2.45, 2.75) is 19.4 Å². The van der Waals surface area contributed by atoms with Crippen LogP contribution in [0.2, 0.25) is 0 Å². The lowest BCUT2D eigenvalue weighted by Crippen LogP contribution is -2.22. The van der Waals surface area contributed by atoms with Crippen LogP contribution in [0.1, 0.15) is 40.9 Å². The van der Waals surface area contributed by atoms with Crippen molar-refractivity contribution in [3.05, 3.63) is 114 Å². The number of carbonyl (C=O) groups excluding carboxylic acids is 3. The summed E-state index contributed by atoms with van der Waals surface area (Å²) in [6, 6.07) is 24.4. The molecule has 0 aliphatic rings. The van der Waals surface area contributed by atoms with Crippen molar-refractivity contribution in [2.24, 2.45) is 5.92 Å². The highest BCUT2D eigenvalue weighted by molar-refractivity contribution is 6.09. The lowest BCUT2D eigenvalue weighted by atomic mass is 9.93. The van der Waals surface area contributed by atoms with E-state index in [0.717, 1.165) is 5.56 Å². The summed E-state index contributed by atoms with van der Waals surface area (Å²) in [7, 11) is 0. The Bertz CT molecular complexity index is 1070. The van der Waals surface area contributed by atoms with Crippen LogP contribution >= 0.6 is 0 Å². The summed E-state index contributed by atoms with van der Waals surface area (Å²) in [5.41, 5.74) is 1.82. The second-order valence-electron chi connectivity index (χ2n) is 7.37. The van der Waals surface area contributed by atoms with Gasteiger partial charge in [0.05, 0.1) is 0 Å². The van der Waals surface area contributed by atoms with E-state index in [-0.39, 0.29) is 29.7 Å². The number of ether oxygens (including phenoxy) is 2. The minimum atomic E-state index is -0.890. The summed E-state index contributed by atoms with van der Waals surface area (Å²) >= 11 is 0. The molecular weight excluding hydrogens is 404 g/mol. The van der Waals surface area contributed by atoms with Crippen LogP contribution in [0.5, 0.6) is 5.75 Å². The van der Waals surface area contributed by atoms with E-state index < -0.39 is 12.3 Å². The molecule has 0 amide bonds. The zero-order chi connectivity index (χ0) is 22.9. The lowest BCUT2D eigenvalue weighted by Gasteiger charge is -2.23. The molecule has 3 rings (SSSR count). The molecule has 0 aliphatic heterocycles. The molecule has 0 saturated heterocycles. The van der Waals surface area contributed by atoms with E-state index in [4.69, 9.17) is 9.47 Å². The van der Waals surface area contributed by atoms with E-state index in [0.29, 0.717) is 11.1 Å². The van der Waals surface area contributed by atoms with Crippen molar-refractivity contribution < 1.29 is 23.9 Å². The van der Waals surface area contributed by atoms with Gasteiger partial charge in [-0.25, -0.2) is 4.79 Å². The van der Waals surface area contributed by atoms with Crippen LogP contribution in [0.4, 0.5) is 4.79 Å². The van der Waals surface area contributed by atoms with Crippen molar-refractivity contribution in [2.75, 3.05) is 0 Å². The topological polar surface area (TPSA) is 69.7 Å². The molecule has 0 heterocycles. The fourth-order valence-electron chi connectivity index (χ4n) is 3.32. The van der Waals surface area contributed by atoms with E-state index in [9.17, 15) is 14.4 Å². The molecule has 0 spiro atoms. The Morgan fingerprint density at radius 1 is 0.844 bits per heavy atom. The predicted octanol–water partition coefficient (Wildman–Crippen LogP) is 5.96. The first-order chi connectivity index (χ1) is 15.5. The monoisotopic (exact) mass is 428 g/mol. The fourth-order valence-corrected chi connectivity index (χ4v) is 3.32. The molecule has 0 aliphatic carbocycles. The number of benzene rings is 3. The third-order valence-corrected chi connectivity index (χ3v) is 4.97. The molecule has 2 atom stereocenters. The second-order valence-corrected chi connectivity index (χ2v) is 7.37. The molecule has 3 aromatic rings.